The molecule has 0 unspecified atom stereocenters. The lowest BCUT2D eigenvalue weighted by Crippen LogP contribution is -2.11. The molecule has 26 heavy (non-hydrogen) atoms. The number of aromatic nitrogens is 2. The Balaban J connectivity index is 1.72. The molecular weight excluding hydrogens is 326 g/mol. The van der Waals surface area contributed by atoms with Gasteiger partial charge in [0.1, 0.15) is 17.8 Å². The molecule has 0 amide bonds. The number of benzene rings is 2. The van der Waals surface area contributed by atoms with Gasteiger partial charge in [-0.15, -0.1) is 0 Å². The fourth-order valence-electron chi connectivity index (χ4n) is 2.65. The Labute approximate surface area is 153 Å². The van der Waals surface area contributed by atoms with E-state index in [9.17, 15) is 0 Å². The van der Waals surface area contributed by atoms with Gasteiger partial charge in [0.15, 0.2) is 11.6 Å². The van der Waals surface area contributed by atoms with Gasteiger partial charge in [0.2, 0.25) is 0 Å². The van der Waals surface area contributed by atoms with Crippen LogP contribution in [0.4, 0.5) is 23.0 Å². The van der Waals surface area contributed by atoms with Crippen molar-refractivity contribution >= 4 is 23.0 Å². The molecule has 0 radical (unpaired) electrons. The Morgan fingerprint density at radius 3 is 2.58 bits per heavy atom. The van der Waals surface area contributed by atoms with Crippen molar-refractivity contribution in [2.75, 3.05) is 30.0 Å². The second-order valence-corrected chi connectivity index (χ2v) is 5.98. The van der Waals surface area contributed by atoms with Crippen LogP contribution in [0, 0.1) is 6.92 Å². The molecule has 6 nitrogen and oxygen atoms in total. The molecule has 1 aromatic heterocycles. The number of aryl methyl sites for hydroxylation is 1. The highest BCUT2D eigenvalue weighted by Crippen LogP contribution is 2.31. The van der Waals surface area contributed by atoms with Gasteiger partial charge in [0.05, 0.1) is 12.8 Å². The van der Waals surface area contributed by atoms with Crippen LogP contribution < -0.4 is 21.1 Å². The predicted octanol–water partition coefficient (Wildman–Crippen LogP) is 3.77. The van der Waals surface area contributed by atoms with Gasteiger partial charge < -0.3 is 21.1 Å². The van der Waals surface area contributed by atoms with Gasteiger partial charge in [-0.1, -0.05) is 36.4 Å². The van der Waals surface area contributed by atoms with Crippen LogP contribution in [0.1, 0.15) is 11.1 Å². The summed E-state index contributed by atoms with van der Waals surface area (Å²) < 4.78 is 5.39. The number of hydrogen-bond donors (Lipinski definition) is 3. The summed E-state index contributed by atoms with van der Waals surface area (Å²) in [5.41, 5.74) is 9.91. The van der Waals surface area contributed by atoms with Crippen LogP contribution in [0.15, 0.2) is 54.9 Å². The van der Waals surface area contributed by atoms with E-state index in [1.165, 1.54) is 11.9 Å². The average Bonchev–Trinajstić information content (AvgIpc) is 2.66. The molecule has 3 aromatic rings. The SMILES string of the molecule is COc1ccc(C)cc1Nc1ncnc(NCCc2ccccc2)c1N. The topological polar surface area (TPSA) is 85.1 Å². The Morgan fingerprint density at radius 2 is 1.81 bits per heavy atom. The number of anilines is 4. The molecule has 3 rings (SSSR count). The summed E-state index contributed by atoms with van der Waals surface area (Å²) in [6.45, 7) is 2.75. The van der Waals surface area contributed by atoms with E-state index in [1.54, 1.807) is 7.11 Å². The molecular formula is C20H23N5O. The molecule has 0 aliphatic rings. The van der Waals surface area contributed by atoms with E-state index in [0.717, 1.165) is 30.0 Å². The lowest BCUT2D eigenvalue weighted by Gasteiger charge is -2.15. The fourth-order valence-corrected chi connectivity index (χ4v) is 2.65. The highest BCUT2D eigenvalue weighted by Gasteiger charge is 2.11. The summed E-state index contributed by atoms with van der Waals surface area (Å²) in [5.74, 6) is 1.89. The molecule has 0 aliphatic carbocycles. The summed E-state index contributed by atoms with van der Waals surface area (Å²) in [4.78, 5) is 8.52. The zero-order valence-electron chi connectivity index (χ0n) is 15.0. The molecule has 1 heterocycles. The Morgan fingerprint density at radius 1 is 1.04 bits per heavy atom. The predicted molar refractivity (Wildman–Crippen MR) is 106 cm³/mol. The number of rotatable bonds is 7. The number of nitrogens with two attached hydrogens (primary N) is 1. The summed E-state index contributed by atoms with van der Waals surface area (Å²) in [7, 11) is 1.63. The van der Waals surface area contributed by atoms with Gasteiger partial charge in [0, 0.05) is 6.54 Å². The van der Waals surface area contributed by atoms with Crippen molar-refractivity contribution in [1.82, 2.24) is 9.97 Å². The lowest BCUT2D eigenvalue weighted by molar-refractivity contribution is 0.416. The molecule has 0 atom stereocenters. The first-order valence-electron chi connectivity index (χ1n) is 8.47. The summed E-state index contributed by atoms with van der Waals surface area (Å²) in [6.07, 6.45) is 2.38. The van der Waals surface area contributed by atoms with Gasteiger partial charge >= 0.3 is 0 Å². The van der Waals surface area contributed by atoms with Gasteiger partial charge in [-0.3, -0.25) is 0 Å². The molecule has 0 saturated heterocycles. The van der Waals surface area contributed by atoms with E-state index in [2.05, 4.69) is 32.7 Å². The maximum absolute atomic E-state index is 6.25. The van der Waals surface area contributed by atoms with Crippen LogP contribution in [0.25, 0.3) is 0 Å². The molecule has 0 aliphatic heterocycles. The van der Waals surface area contributed by atoms with Crippen LogP contribution in [0.3, 0.4) is 0 Å². The van der Waals surface area contributed by atoms with Gasteiger partial charge in [0.25, 0.3) is 0 Å². The zero-order valence-corrected chi connectivity index (χ0v) is 15.0. The third-order valence-electron chi connectivity index (χ3n) is 4.04. The molecule has 0 saturated carbocycles. The third-order valence-corrected chi connectivity index (χ3v) is 4.04. The van der Waals surface area contributed by atoms with Crippen molar-refractivity contribution in [2.24, 2.45) is 0 Å². The zero-order chi connectivity index (χ0) is 18.4. The first-order valence-corrected chi connectivity index (χ1v) is 8.47. The summed E-state index contributed by atoms with van der Waals surface area (Å²) in [5, 5.41) is 6.52. The molecule has 134 valence electrons. The molecule has 6 heteroatoms. The quantitative estimate of drug-likeness (QED) is 0.602. The minimum atomic E-state index is 0.476. The number of methoxy groups -OCH3 is 1. The number of nitrogens with zero attached hydrogens (tertiary/aromatic N) is 2. The van der Waals surface area contributed by atoms with Crippen LogP contribution in [-0.2, 0) is 6.42 Å². The average molecular weight is 349 g/mol. The Bertz CT molecular complexity index is 867. The van der Waals surface area contributed by atoms with E-state index < -0.39 is 0 Å². The first kappa shape index (κ1) is 17.5. The van der Waals surface area contributed by atoms with Crippen molar-refractivity contribution in [1.29, 1.82) is 0 Å². The maximum Gasteiger partial charge on any atom is 0.159 e. The standard InChI is InChI=1S/C20H23N5O/c1-14-8-9-17(26-2)16(12-14)25-20-18(21)19(23-13-24-20)22-11-10-15-6-4-3-5-7-15/h3-9,12-13H,10-11,21H2,1-2H3,(H2,22,23,24,25). The minimum Gasteiger partial charge on any atom is -0.495 e. The van der Waals surface area contributed by atoms with Crippen molar-refractivity contribution in [2.45, 2.75) is 13.3 Å². The minimum absolute atomic E-state index is 0.476. The van der Waals surface area contributed by atoms with Crippen molar-refractivity contribution in [3.05, 3.63) is 66.0 Å². The van der Waals surface area contributed by atoms with Crippen molar-refractivity contribution < 1.29 is 4.74 Å². The number of ether oxygens (including phenoxy) is 1. The fraction of sp³-hybridized carbons (Fsp3) is 0.200. The summed E-state index contributed by atoms with van der Waals surface area (Å²) >= 11 is 0. The highest BCUT2D eigenvalue weighted by molar-refractivity contribution is 5.79. The Hall–Kier alpha value is -3.28. The lowest BCUT2D eigenvalue weighted by atomic mass is 10.1. The second kappa shape index (κ2) is 8.20. The van der Waals surface area contributed by atoms with E-state index in [4.69, 9.17) is 10.5 Å². The normalized spacial score (nSPS) is 10.4. The number of nitrogens with one attached hydrogen (secondary N) is 2. The van der Waals surface area contributed by atoms with Crippen LogP contribution >= 0.6 is 0 Å². The van der Waals surface area contributed by atoms with Crippen LogP contribution in [0.5, 0.6) is 5.75 Å². The van der Waals surface area contributed by atoms with E-state index in [1.807, 2.05) is 43.3 Å². The van der Waals surface area contributed by atoms with Crippen LogP contribution in [0.2, 0.25) is 0 Å². The smallest absolute Gasteiger partial charge is 0.159 e. The van der Waals surface area contributed by atoms with Crippen LogP contribution in [-0.4, -0.2) is 23.6 Å². The van der Waals surface area contributed by atoms with Crippen molar-refractivity contribution in [3.63, 3.8) is 0 Å². The van der Waals surface area contributed by atoms with Crippen molar-refractivity contribution in [3.8, 4) is 5.75 Å². The van der Waals surface area contributed by atoms with Gasteiger partial charge in [-0.2, -0.15) is 0 Å². The highest BCUT2D eigenvalue weighted by atomic mass is 16.5. The number of hydrogen-bond acceptors (Lipinski definition) is 6. The Kier molecular flexibility index (Phi) is 5.53. The molecule has 4 N–H and O–H groups in total. The van der Waals surface area contributed by atoms with E-state index >= 15 is 0 Å². The van der Waals surface area contributed by atoms with E-state index in [-0.39, 0.29) is 0 Å². The molecule has 2 aromatic carbocycles. The summed E-state index contributed by atoms with van der Waals surface area (Å²) in [6, 6.07) is 16.2. The molecule has 0 fully saturated rings. The van der Waals surface area contributed by atoms with Gasteiger partial charge in [-0.05, 0) is 36.6 Å². The first-order chi connectivity index (χ1) is 12.7. The van der Waals surface area contributed by atoms with Gasteiger partial charge in [-0.25, -0.2) is 9.97 Å². The second-order valence-electron chi connectivity index (χ2n) is 5.98. The molecule has 0 bridgehead atoms. The largest absolute Gasteiger partial charge is 0.495 e. The van der Waals surface area contributed by atoms with E-state index in [0.29, 0.717) is 17.3 Å². The number of nitrogen functional groups attached to an aromatic ring is 1. The monoisotopic (exact) mass is 349 g/mol. The third kappa shape index (κ3) is 4.22. The molecule has 0 spiro atoms. The maximum atomic E-state index is 6.25.